The highest BCUT2D eigenvalue weighted by Crippen LogP contribution is 2.14. The first kappa shape index (κ1) is 15.0. The van der Waals surface area contributed by atoms with Crippen LogP contribution in [-0.2, 0) is 11.3 Å². The van der Waals surface area contributed by atoms with Crippen molar-refractivity contribution in [2.24, 2.45) is 5.73 Å². The summed E-state index contributed by atoms with van der Waals surface area (Å²) in [5, 5.41) is 3.64. The summed E-state index contributed by atoms with van der Waals surface area (Å²) in [5.41, 5.74) is 9.33. The summed E-state index contributed by atoms with van der Waals surface area (Å²) in [4.78, 5) is 13.0. The fraction of sp³-hybridized carbons (Fsp3) is 0.562. The summed E-state index contributed by atoms with van der Waals surface area (Å²) in [6.45, 7) is 7.56. The standard InChI is InChI=1S/C16H25N3O/c1-12-4-3-5-14(13(12)2)10-18-15-6-8-19(9-7-15)11-16(17)20/h3-5,15,18H,6-11H2,1-2H3,(H2,17,20). The van der Waals surface area contributed by atoms with Crippen molar-refractivity contribution in [3.8, 4) is 0 Å². The van der Waals surface area contributed by atoms with E-state index in [1.165, 1.54) is 16.7 Å². The maximum absolute atomic E-state index is 10.9. The van der Waals surface area contributed by atoms with Gasteiger partial charge in [0.25, 0.3) is 0 Å². The van der Waals surface area contributed by atoms with E-state index < -0.39 is 0 Å². The molecule has 0 radical (unpaired) electrons. The van der Waals surface area contributed by atoms with E-state index in [2.05, 4.69) is 42.3 Å². The normalized spacial score (nSPS) is 17.3. The zero-order valence-electron chi connectivity index (χ0n) is 12.5. The Labute approximate surface area is 121 Å². The number of benzene rings is 1. The molecule has 1 fully saturated rings. The smallest absolute Gasteiger partial charge is 0.231 e. The third-order valence-electron chi connectivity index (χ3n) is 4.27. The van der Waals surface area contributed by atoms with Gasteiger partial charge in [0.05, 0.1) is 6.54 Å². The average molecular weight is 275 g/mol. The molecular weight excluding hydrogens is 250 g/mol. The van der Waals surface area contributed by atoms with Crippen LogP contribution in [0, 0.1) is 13.8 Å². The second-order valence-electron chi connectivity index (χ2n) is 5.76. The van der Waals surface area contributed by atoms with Crippen molar-refractivity contribution in [2.75, 3.05) is 19.6 Å². The van der Waals surface area contributed by atoms with Crippen molar-refractivity contribution in [2.45, 2.75) is 39.3 Å². The molecule has 1 aliphatic rings. The fourth-order valence-corrected chi connectivity index (χ4v) is 2.77. The first-order valence-corrected chi connectivity index (χ1v) is 7.35. The molecule has 0 unspecified atom stereocenters. The number of amides is 1. The van der Waals surface area contributed by atoms with E-state index in [9.17, 15) is 4.79 Å². The van der Waals surface area contributed by atoms with Crippen LogP contribution in [0.5, 0.6) is 0 Å². The number of nitrogens with zero attached hydrogens (tertiary/aromatic N) is 1. The molecule has 4 nitrogen and oxygen atoms in total. The summed E-state index contributed by atoms with van der Waals surface area (Å²) in [6.07, 6.45) is 2.16. The number of likely N-dealkylation sites (tertiary alicyclic amines) is 1. The van der Waals surface area contributed by atoms with Crippen molar-refractivity contribution in [3.05, 3.63) is 34.9 Å². The number of carbonyl (C=O) groups is 1. The Kier molecular flexibility index (Phi) is 5.15. The SMILES string of the molecule is Cc1cccc(CNC2CCN(CC(N)=O)CC2)c1C. The molecule has 1 aliphatic heterocycles. The van der Waals surface area contributed by atoms with Crippen LogP contribution in [0.15, 0.2) is 18.2 Å². The molecule has 1 heterocycles. The minimum absolute atomic E-state index is 0.230. The lowest BCUT2D eigenvalue weighted by atomic mass is 10.0. The summed E-state index contributed by atoms with van der Waals surface area (Å²) < 4.78 is 0. The van der Waals surface area contributed by atoms with Crippen LogP contribution in [0.25, 0.3) is 0 Å². The van der Waals surface area contributed by atoms with Crippen LogP contribution >= 0.6 is 0 Å². The van der Waals surface area contributed by atoms with Gasteiger partial charge >= 0.3 is 0 Å². The molecule has 0 saturated carbocycles. The number of rotatable bonds is 5. The minimum atomic E-state index is -0.230. The predicted octanol–water partition coefficient (Wildman–Crippen LogP) is 1.34. The van der Waals surface area contributed by atoms with Gasteiger partial charge < -0.3 is 11.1 Å². The van der Waals surface area contributed by atoms with Gasteiger partial charge in [0.15, 0.2) is 0 Å². The van der Waals surface area contributed by atoms with Crippen molar-refractivity contribution in [1.29, 1.82) is 0 Å². The van der Waals surface area contributed by atoms with Crippen LogP contribution in [-0.4, -0.2) is 36.5 Å². The molecule has 0 spiro atoms. The molecule has 0 aliphatic carbocycles. The lowest BCUT2D eigenvalue weighted by molar-refractivity contribution is -0.119. The van der Waals surface area contributed by atoms with Gasteiger partial charge in [-0.25, -0.2) is 0 Å². The second kappa shape index (κ2) is 6.86. The van der Waals surface area contributed by atoms with Crippen molar-refractivity contribution in [1.82, 2.24) is 10.2 Å². The number of nitrogens with one attached hydrogen (secondary N) is 1. The monoisotopic (exact) mass is 275 g/mol. The molecule has 4 heteroatoms. The number of carbonyl (C=O) groups excluding carboxylic acids is 1. The molecule has 2 rings (SSSR count). The summed E-state index contributed by atoms with van der Waals surface area (Å²) >= 11 is 0. The molecule has 1 aromatic rings. The van der Waals surface area contributed by atoms with Crippen molar-refractivity contribution < 1.29 is 4.79 Å². The molecule has 0 bridgehead atoms. The van der Waals surface area contributed by atoms with Crippen LogP contribution in [0.1, 0.15) is 29.5 Å². The number of primary amides is 1. The summed E-state index contributed by atoms with van der Waals surface area (Å²) in [6, 6.07) is 7.01. The van der Waals surface area contributed by atoms with Gasteiger partial charge in [0, 0.05) is 25.7 Å². The average Bonchev–Trinajstić information content (AvgIpc) is 2.41. The van der Waals surface area contributed by atoms with E-state index in [1.807, 2.05) is 0 Å². The summed E-state index contributed by atoms with van der Waals surface area (Å²) in [7, 11) is 0. The zero-order chi connectivity index (χ0) is 14.5. The number of hydrogen-bond acceptors (Lipinski definition) is 3. The third kappa shape index (κ3) is 4.05. The Hall–Kier alpha value is -1.39. The summed E-state index contributed by atoms with van der Waals surface area (Å²) in [5.74, 6) is -0.230. The van der Waals surface area contributed by atoms with Crippen molar-refractivity contribution in [3.63, 3.8) is 0 Å². The Bertz CT molecular complexity index is 465. The number of hydrogen-bond donors (Lipinski definition) is 2. The van der Waals surface area contributed by atoms with Crippen LogP contribution in [0.3, 0.4) is 0 Å². The first-order chi connectivity index (χ1) is 9.56. The number of piperidine rings is 1. The van der Waals surface area contributed by atoms with E-state index in [-0.39, 0.29) is 5.91 Å². The molecule has 110 valence electrons. The van der Waals surface area contributed by atoms with E-state index in [1.54, 1.807) is 0 Å². The van der Waals surface area contributed by atoms with Crippen LogP contribution < -0.4 is 11.1 Å². The van der Waals surface area contributed by atoms with E-state index in [0.717, 1.165) is 32.5 Å². The lowest BCUT2D eigenvalue weighted by Gasteiger charge is -2.31. The molecule has 1 saturated heterocycles. The highest BCUT2D eigenvalue weighted by molar-refractivity contribution is 5.75. The van der Waals surface area contributed by atoms with E-state index in [4.69, 9.17) is 5.73 Å². The number of aryl methyl sites for hydroxylation is 1. The molecule has 1 amide bonds. The topological polar surface area (TPSA) is 58.4 Å². The highest BCUT2D eigenvalue weighted by Gasteiger charge is 2.19. The Morgan fingerprint density at radius 2 is 2.05 bits per heavy atom. The highest BCUT2D eigenvalue weighted by atomic mass is 16.1. The first-order valence-electron chi connectivity index (χ1n) is 7.35. The fourth-order valence-electron chi connectivity index (χ4n) is 2.77. The molecule has 0 atom stereocenters. The molecule has 0 aromatic heterocycles. The van der Waals surface area contributed by atoms with Gasteiger partial charge in [-0.15, -0.1) is 0 Å². The van der Waals surface area contributed by atoms with Gasteiger partial charge in [-0.3, -0.25) is 9.69 Å². The van der Waals surface area contributed by atoms with E-state index >= 15 is 0 Å². The second-order valence-corrected chi connectivity index (χ2v) is 5.76. The Morgan fingerprint density at radius 3 is 2.70 bits per heavy atom. The van der Waals surface area contributed by atoms with Gasteiger partial charge in [0.2, 0.25) is 5.91 Å². The van der Waals surface area contributed by atoms with Crippen molar-refractivity contribution >= 4 is 5.91 Å². The maximum atomic E-state index is 10.9. The van der Waals surface area contributed by atoms with Crippen LogP contribution in [0.4, 0.5) is 0 Å². The Morgan fingerprint density at radius 1 is 1.35 bits per heavy atom. The van der Waals surface area contributed by atoms with E-state index in [0.29, 0.717) is 12.6 Å². The van der Waals surface area contributed by atoms with Gasteiger partial charge in [0.1, 0.15) is 0 Å². The number of nitrogens with two attached hydrogens (primary N) is 1. The third-order valence-corrected chi connectivity index (χ3v) is 4.27. The largest absolute Gasteiger partial charge is 0.369 e. The van der Waals surface area contributed by atoms with Gasteiger partial charge in [-0.1, -0.05) is 18.2 Å². The Balaban J connectivity index is 1.79. The molecule has 3 N–H and O–H groups in total. The minimum Gasteiger partial charge on any atom is -0.369 e. The molecule has 1 aromatic carbocycles. The van der Waals surface area contributed by atoms with Gasteiger partial charge in [-0.05, 0) is 43.4 Å². The maximum Gasteiger partial charge on any atom is 0.231 e. The quantitative estimate of drug-likeness (QED) is 0.852. The lowest BCUT2D eigenvalue weighted by Crippen LogP contribution is -2.45. The molecule has 20 heavy (non-hydrogen) atoms. The predicted molar refractivity (Wildman–Crippen MR) is 81.4 cm³/mol. The molecular formula is C16H25N3O. The van der Waals surface area contributed by atoms with Crippen LogP contribution in [0.2, 0.25) is 0 Å². The van der Waals surface area contributed by atoms with Gasteiger partial charge in [-0.2, -0.15) is 0 Å². The zero-order valence-corrected chi connectivity index (χ0v) is 12.5.